The van der Waals surface area contributed by atoms with Crippen molar-refractivity contribution in [2.75, 3.05) is 18.4 Å². The lowest BCUT2D eigenvalue weighted by Gasteiger charge is -2.38. The van der Waals surface area contributed by atoms with Gasteiger partial charge in [-0.3, -0.25) is 4.90 Å². The summed E-state index contributed by atoms with van der Waals surface area (Å²) in [4.78, 5) is 7.50. The van der Waals surface area contributed by atoms with Gasteiger partial charge >= 0.3 is 0 Å². The van der Waals surface area contributed by atoms with Gasteiger partial charge in [-0.15, -0.1) is 0 Å². The molecule has 2 N–H and O–H groups in total. The van der Waals surface area contributed by atoms with E-state index < -0.39 is 10.0 Å². The van der Waals surface area contributed by atoms with Crippen LogP contribution in [0.4, 0.5) is 5.69 Å². The third-order valence-electron chi connectivity index (χ3n) is 6.05. The van der Waals surface area contributed by atoms with Crippen molar-refractivity contribution in [2.45, 2.75) is 37.4 Å². The fraction of sp³-hybridized carbons (Fsp3) is 0.381. The first-order valence-electron chi connectivity index (χ1n) is 10.0. The number of imidazole rings is 1. The SMILES string of the molecule is Cc1nc(CN2CCC([C@@H]3Nc4ccccc4S(=O)(=O)N3)CC2)c2ccccn12. The first kappa shape index (κ1) is 18.6. The number of nitrogens with zero attached hydrogens (tertiary/aromatic N) is 3. The molecule has 0 unspecified atom stereocenters. The quantitative estimate of drug-likeness (QED) is 0.693. The van der Waals surface area contributed by atoms with Crippen LogP contribution in [-0.2, 0) is 16.6 Å². The molecule has 0 bridgehead atoms. The third kappa shape index (κ3) is 3.41. The Morgan fingerprint density at radius 2 is 1.86 bits per heavy atom. The van der Waals surface area contributed by atoms with Crippen LogP contribution in [0.3, 0.4) is 0 Å². The summed E-state index contributed by atoms with van der Waals surface area (Å²) in [5.41, 5.74) is 2.95. The highest BCUT2D eigenvalue weighted by Crippen LogP contribution is 2.31. The number of benzene rings is 1. The van der Waals surface area contributed by atoms with E-state index in [1.807, 2.05) is 37.4 Å². The molecule has 4 heterocycles. The molecule has 2 aliphatic heterocycles. The van der Waals surface area contributed by atoms with Gasteiger partial charge in [0.25, 0.3) is 0 Å². The van der Waals surface area contributed by atoms with Crippen LogP contribution in [0.15, 0.2) is 53.6 Å². The number of hydrogen-bond donors (Lipinski definition) is 2. The number of fused-ring (bicyclic) bond motifs is 2. The minimum Gasteiger partial charge on any atom is -0.368 e. The topological polar surface area (TPSA) is 78.7 Å². The van der Waals surface area contributed by atoms with Gasteiger partial charge in [0, 0.05) is 12.7 Å². The van der Waals surface area contributed by atoms with Crippen molar-refractivity contribution < 1.29 is 8.42 Å². The van der Waals surface area contributed by atoms with Gasteiger partial charge in [0.2, 0.25) is 10.0 Å². The highest BCUT2D eigenvalue weighted by molar-refractivity contribution is 7.89. The smallest absolute Gasteiger partial charge is 0.244 e. The maximum atomic E-state index is 12.6. The molecular formula is C21H25N5O2S. The maximum absolute atomic E-state index is 12.6. The first-order valence-corrected chi connectivity index (χ1v) is 11.5. The van der Waals surface area contributed by atoms with Crippen LogP contribution in [0.5, 0.6) is 0 Å². The molecule has 1 atom stereocenters. The summed E-state index contributed by atoms with van der Waals surface area (Å²) in [7, 11) is -3.46. The summed E-state index contributed by atoms with van der Waals surface area (Å²) >= 11 is 0. The first-order chi connectivity index (χ1) is 14.0. The predicted octanol–water partition coefficient (Wildman–Crippen LogP) is 2.58. The van der Waals surface area contributed by atoms with Crippen molar-refractivity contribution in [3.8, 4) is 0 Å². The zero-order valence-electron chi connectivity index (χ0n) is 16.4. The number of nitrogens with one attached hydrogen (secondary N) is 2. The van der Waals surface area contributed by atoms with Gasteiger partial charge in [0.15, 0.2) is 0 Å². The van der Waals surface area contributed by atoms with Gasteiger partial charge in [0.05, 0.1) is 23.1 Å². The molecule has 0 saturated carbocycles. The average molecular weight is 412 g/mol. The number of para-hydroxylation sites is 1. The van der Waals surface area contributed by atoms with E-state index in [0.29, 0.717) is 10.6 Å². The number of aryl methyl sites for hydroxylation is 1. The second-order valence-corrected chi connectivity index (χ2v) is 9.60. The molecule has 8 heteroatoms. The minimum absolute atomic E-state index is 0.257. The lowest BCUT2D eigenvalue weighted by Crippen LogP contribution is -2.51. The van der Waals surface area contributed by atoms with Gasteiger partial charge in [-0.1, -0.05) is 18.2 Å². The van der Waals surface area contributed by atoms with Crippen molar-refractivity contribution in [3.63, 3.8) is 0 Å². The normalized spacial score (nSPS) is 22.3. The van der Waals surface area contributed by atoms with Crippen molar-refractivity contribution in [1.82, 2.24) is 19.0 Å². The molecule has 152 valence electrons. The van der Waals surface area contributed by atoms with Gasteiger partial charge < -0.3 is 9.72 Å². The van der Waals surface area contributed by atoms with Crippen molar-refractivity contribution in [3.05, 3.63) is 60.2 Å². The molecule has 2 aromatic heterocycles. The summed E-state index contributed by atoms with van der Waals surface area (Å²) < 4.78 is 30.1. The van der Waals surface area contributed by atoms with E-state index in [0.717, 1.165) is 49.5 Å². The summed E-state index contributed by atoms with van der Waals surface area (Å²) in [5, 5.41) is 3.39. The van der Waals surface area contributed by atoms with Crippen LogP contribution in [0, 0.1) is 12.8 Å². The fourth-order valence-corrected chi connectivity index (χ4v) is 5.89. The van der Waals surface area contributed by atoms with Crippen LogP contribution < -0.4 is 10.0 Å². The Kier molecular flexibility index (Phi) is 4.57. The van der Waals surface area contributed by atoms with Crippen LogP contribution in [0.1, 0.15) is 24.4 Å². The van der Waals surface area contributed by atoms with E-state index >= 15 is 0 Å². The van der Waals surface area contributed by atoms with E-state index in [-0.39, 0.29) is 12.1 Å². The standard InChI is InChI=1S/C21H25N5O2S/c1-15-22-18(19-7-4-5-11-26(15)19)14-25-12-9-16(10-13-25)21-23-17-6-2-3-8-20(17)29(27,28)24-21/h2-8,11,16,21,23-24H,9-10,12-14H2,1H3/t21-/m1/s1. The van der Waals surface area contributed by atoms with E-state index in [1.54, 1.807) is 12.1 Å². The lowest BCUT2D eigenvalue weighted by atomic mass is 9.93. The molecule has 29 heavy (non-hydrogen) atoms. The van der Waals surface area contributed by atoms with E-state index in [9.17, 15) is 8.42 Å². The van der Waals surface area contributed by atoms with Gasteiger partial charge in [-0.25, -0.2) is 13.4 Å². The monoisotopic (exact) mass is 411 g/mol. The summed E-state index contributed by atoms with van der Waals surface area (Å²) in [6, 6.07) is 13.3. The van der Waals surface area contributed by atoms with Crippen LogP contribution >= 0.6 is 0 Å². The average Bonchev–Trinajstić information content (AvgIpc) is 3.04. The Bertz CT molecular complexity index is 1150. The number of rotatable bonds is 3. The van der Waals surface area contributed by atoms with Crippen LogP contribution in [0.25, 0.3) is 5.52 Å². The molecule has 3 aromatic rings. The maximum Gasteiger partial charge on any atom is 0.244 e. The molecule has 0 spiro atoms. The van der Waals surface area contributed by atoms with E-state index in [1.165, 1.54) is 0 Å². The highest BCUT2D eigenvalue weighted by Gasteiger charge is 2.35. The van der Waals surface area contributed by atoms with Gasteiger partial charge in [0.1, 0.15) is 10.7 Å². The second kappa shape index (κ2) is 7.12. The molecule has 1 fully saturated rings. The predicted molar refractivity (Wildman–Crippen MR) is 112 cm³/mol. The Hall–Kier alpha value is -2.42. The molecule has 0 radical (unpaired) electrons. The number of sulfonamides is 1. The lowest BCUT2D eigenvalue weighted by molar-refractivity contribution is 0.162. The molecule has 1 saturated heterocycles. The van der Waals surface area contributed by atoms with Crippen LogP contribution in [0.2, 0.25) is 0 Å². The molecule has 5 rings (SSSR count). The summed E-state index contributed by atoms with van der Waals surface area (Å²) in [6.07, 6.45) is 3.67. The van der Waals surface area contributed by atoms with E-state index in [4.69, 9.17) is 4.98 Å². The summed E-state index contributed by atoms with van der Waals surface area (Å²) in [6.45, 7) is 4.70. The molecule has 0 aliphatic carbocycles. The van der Waals surface area contributed by atoms with Crippen LogP contribution in [-0.4, -0.2) is 42.0 Å². The van der Waals surface area contributed by atoms with Crippen molar-refractivity contribution >= 4 is 21.2 Å². The number of likely N-dealkylation sites (tertiary alicyclic amines) is 1. The largest absolute Gasteiger partial charge is 0.368 e. The molecule has 7 nitrogen and oxygen atoms in total. The number of piperidine rings is 1. The number of hydrogen-bond acceptors (Lipinski definition) is 5. The van der Waals surface area contributed by atoms with Gasteiger partial charge in [-0.05, 0) is 63.0 Å². The van der Waals surface area contributed by atoms with Crippen molar-refractivity contribution in [2.24, 2.45) is 5.92 Å². The minimum atomic E-state index is -3.46. The molecular weight excluding hydrogens is 386 g/mol. The fourth-order valence-electron chi connectivity index (χ4n) is 4.50. The zero-order chi connectivity index (χ0) is 20.0. The summed E-state index contributed by atoms with van der Waals surface area (Å²) in [5.74, 6) is 1.26. The van der Waals surface area contributed by atoms with Crippen molar-refractivity contribution in [1.29, 1.82) is 0 Å². The van der Waals surface area contributed by atoms with E-state index in [2.05, 4.69) is 25.4 Å². The number of anilines is 1. The Morgan fingerprint density at radius 1 is 1.10 bits per heavy atom. The molecule has 2 aliphatic rings. The van der Waals surface area contributed by atoms with Gasteiger partial charge in [-0.2, -0.15) is 4.72 Å². The molecule has 1 aromatic carbocycles. The zero-order valence-corrected chi connectivity index (χ0v) is 17.2. The Balaban J connectivity index is 1.26. The number of pyridine rings is 1. The Labute approximate surface area is 170 Å². The third-order valence-corrected chi connectivity index (χ3v) is 7.55. The Morgan fingerprint density at radius 3 is 2.69 bits per heavy atom. The highest BCUT2D eigenvalue weighted by atomic mass is 32.2. The molecule has 0 amide bonds. The second-order valence-electron chi connectivity index (χ2n) is 7.91. The number of aromatic nitrogens is 2.